The minimum atomic E-state index is 1.11. The summed E-state index contributed by atoms with van der Waals surface area (Å²) in [6.45, 7) is 0. The third-order valence-electron chi connectivity index (χ3n) is 10.6. The van der Waals surface area contributed by atoms with Gasteiger partial charge in [0, 0.05) is 33.1 Å². The highest BCUT2D eigenvalue weighted by atomic mass is 15.1. The molecule has 1 aromatic heterocycles. The van der Waals surface area contributed by atoms with Gasteiger partial charge in [-0.05, 0) is 87.8 Å². The second-order valence-electron chi connectivity index (χ2n) is 13.8. The van der Waals surface area contributed by atoms with Gasteiger partial charge in [-0.2, -0.15) is 0 Å². The van der Waals surface area contributed by atoms with Crippen LogP contribution in [0, 0.1) is 0 Å². The Morgan fingerprint density at radius 1 is 0.315 bits per heavy atom. The van der Waals surface area contributed by atoms with Crippen LogP contribution < -0.4 is 4.90 Å². The Kier molecular flexibility index (Phi) is 7.85. The molecule has 0 amide bonds. The molecule has 10 rings (SSSR count). The smallest absolute Gasteiger partial charge is 0.0541 e. The Hall–Kier alpha value is -7.16. The minimum absolute atomic E-state index is 1.11. The van der Waals surface area contributed by atoms with Crippen molar-refractivity contribution in [1.82, 2.24) is 4.57 Å². The average Bonchev–Trinajstić information content (AvgIpc) is 3.59. The number of fused-ring (bicyclic) bond motifs is 4. The van der Waals surface area contributed by atoms with Crippen molar-refractivity contribution in [3.8, 4) is 39.1 Å². The number of benzene rings is 9. The topological polar surface area (TPSA) is 8.17 Å². The van der Waals surface area contributed by atoms with Gasteiger partial charge >= 0.3 is 0 Å². The van der Waals surface area contributed by atoms with Crippen LogP contribution in [0.1, 0.15) is 0 Å². The van der Waals surface area contributed by atoms with Crippen molar-refractivity contribution in [3.63, 3.8) is 0 Å². The number of rotatable bonds is 7. The zero-order valence-corrected chi connectivity index (χ0v) is 29.7. The molecule has 2 nitrogen and oxygen atoms in total. The summed E-state index contributed by atoms with van der Waals surface area (Å²) in [6.07, 6.45) is 0. The molecule has 10 aromatic rings. The van der Waals surface area contributed by atoms with Crippen LogP contribution in [-0.4, -0.2) is 4.57 Å². The van der Waals surface area contributed by atoms with Gasteiger partial charge in [0.15, 0.2) is 0 Å². The normalized spacial score (nSPS) is 11.3. The SMILES string of the molecule is c1ccc(-c2ccc(N(c3ccc(-c4cccc(-c5ccccc5-n5c6ccccc6c6ccccc65)c4)cc3)c3cccc4ccccc34)cc2)cc1. The number of aromatic nitrogens is 1. The summed E-state index contributed by atoms with van der Waals surface area (Å²) < 4.78 is 2.41. The molecule has 0 aliphatic carbocycles. The minimum Gasteiger partial charge on any atom is -0.310 e. The Balaban J connectivity index is 1.05. The van der Waals surface area contributed by atoms with E-state index in [0.717, 1.165) is 17.1 Å². The van der Waals surface area contributed by atoms with Crippen LogP contribution in [0.4, 0.5) is 17.1 Å². The van der Waals surface area contributed by atoms with Crippen molar-refractivity contribution < 1.29 is 0 Å². The van der Waals surface area contributed by atoms with Gasteiger partial charge in [-0.25, -0.2) is 0 Å². The van der Waals surface area contributed by atoms with Crippen molar-refractivity contribution in [2.45, 2.75) is 0 Å². The molecule has 1 heterocycles. The highest BCUT2D eigenvalue weighted by molar-refractivity contribution is 6.09. The number of hydrogen-bond donors (Lipinski definition) is 0. The third-order valence-corrected chi connectivity index (χ3v) is 10.6. The summed E-state index contributed by atoms with van der Waals surface area (Å²) in [6, 6.07) is 78.8. The van der Waals surface area contributed by atoms with Gasteiger partial charge in [0.1, 0.15) is 0 Å². The van der Waals surface area contributed by atoms with E-state index in [9.17, 15) is 0 Å². The largest absolute Gasteiger partial charge is 0.310 e. The maximum atomic E-state index is 2.41. The lowest BCUT2D eigenvalue weighted by molar-refractivity contribution is 1.18. The van der Waals surface area contributed by atoms with E-state index in [-0.39, 0.29) is 0 Å². The molecule has 0 aliphatic heterocycles. The highest BCUT2D eigenvalue weighted by Crippen LogP contribution is 2.41. The van der Waals surface area contributed by atoms with Crippen molar-refractivity contribution in [1.29, 1.82) is 0 Å². The molecule has 0 N–H and O–H groups in total. The molecule has 54 heavy (non-hydrogen) atoms. The molecule has 0 spiro atoms. The lowest BCUT2D eigenvalue weighted by atomic mass is 9.97. The zero-order valence-electron chi connectivity index (χ0n) is 29.7. The monoisotopic (exact) mass is 688 g/mol. The zero-order chi connectivity index (χ0) is 35.8. The number of nitrogens with zero attached hydrogens (tertiary/aromatic N) is 2. The van der Waals surface area contributed by atoms with Gasteiger partial charge in [-0.1, -0.05) is 164 Å². The van der Waals surface area contributed by atoms with Crippen molar-refractivity contribution in [3.05, 3.63) is 218 Å². The lowest BCUT2D eigenvalue weighted by Crippen LogP contribution is -2.10. The summed E-state index contributed by atoms with van der Waals surface area (Å²) >= 11 is 0. The number of anilines is 3. The molecular weight excluding hydrogens is 653 g/mol. The summed E-state index contributed by atoms with van der Waals surface area (Å²) in [5, 5.41) is 4.96. The molecule has 254 valence electrons. The van der Waals surface area contributed by atoms with E-state index in [1.54, 1.807) is 0 Å². The van der Waals surface area contributed by atoms with Crippen molar-refractivity contribution in [2.75, 3.05) is 4.90 Å². The Morgan fingerprint density at radius 3 is 1.50 bits per heavy atom. The molecule has 0 radical (unpaired) electrons. The first-order valence-corrected chi connectivity index (χ1v) is 18.5. The molecular formula is C52H36N2. The standard InChI is InChI=1S/C52H36N2/c1-2-14-37(15-3-1)38-28-32-43(33-29-38)53(49-27-13-17-40-16-4-5-20-45(40)49)44-34-30-39(31-35-44)41-18-12-19-42(36-41)46-21-6-9-24-50(46)54-51-25-10-7-22-47(51)48-23-8-11-26-52(48)54/h1-36H. The maximum absolute atomic E-state index is 2.41. The fourth-order valence-electron chi connectivity index (χ4n) is 8.03. The first-order valence-electron chi connectivity index (χ1n) is 18.5. The summed E-state index contributed by atoms with van der Waals surface area (Å²) in [4.78, 5) is 2.37. The maximum Gasteiger partial charge on any atom is 0.0541 e. The predicted octanol–water partition coefficient (Wildman–Crippen LogP) is 14.4. The fourth-order valence-corrected chi connectivity index (χ4v) is 8.03. The average molecular weight is 689 g/mol. The number of hydrogen-bond acceptors (Lipinski definition) is 1. The summed E-state index contributed by atoms with van der Waals surface area (Å²) in [7, 11) is 0. The van der Waals surface area contributed by atoms with E-state index in [1.165, 1.54) is 71.6 Å². The van der Waals surface area contributed by atoms with Crippen LogP contribution in [0.3, 0.4) is 0 Å². The van der Waals surface area contributed by atoms with Crippen LogP contribution in [0.15, 0.2) is 218 Å². The lowest BCUT2D eigenvalue weighted by Gasteiger charge is -2.27. The molecule has 9 aromatic carbocycles. The van der Waals surface area contributed by atoms with Crippen molar-refractivity contribution >= 4 is 49.6 Å². The van der Waals surface area contributed by atoms with Crippen LogP contribution in [-0.2, 0) is 0 Å². The van der Waals surface area contributed by atoms with E-state index in [0.29, 0.717) is 0 Å². The van der Waals surface area contributed by atoms with Gasteiger partial charge in [0.25, 0.3) is 0 Å². The van der Waals surface area contributed by atoms with E-state index < -0.39 is 0 Å². The second kappa shape index (κ2) is 13.4. The van der Waals surface area contributed by atoms with E-state index in [2.05, 4.69) is 228 Å². The van der Waals surface area contributed by atoms with Crippen LogP contribution >= 0.6 is 0 Å². The van der Waals surface area contributed by atoms with Crippen LogP contribution in [0.25, 0.3) is 71.6 Å². The fraction of sp³-hybridized carbons (Fsp3) is 0. The number of para-hydroxylation sites is 3. The Bertz CT molecular complexity index is 2860. The molecule has 0 bridgehead atoms. The first-order chi connectivity index (χ1) is 26.8. The molecule has 0 saturated carbocycles. The molecule has 0 unspecified atom stereocenters. The quantitative estimate of drug-likeness (QED) is 0.162. The van der Waals surface area contributed by atoms with Gasteiger partial charge in [-0.3, -0.25) is 0 Å². The van der Waals surface area contributed by atoms with Crippen LogP contribution in [0.2, 0.25) is 0 Å². The predicted molar refractivity (Wildman–Crippen MR) is 229 cm³/mol. The van der Waals surface area contributed by atoms with Gasteiger partial charge in [-0.15, -0.1) is 0 Å². The Morgan fingerprint density at radius 2 is 0.796 bits per heavy atom. The third kappa shape index (κ3) is 5.53. The molecule has 0 saturated heterocycles. The van der Waals surface area contributed by atoms with Gasteiger partial charge < -0.3 is 9.47 Å². The molecule has 0 aliphatic rings. The van der Waals surface area contributed by atoms with Gasteiger partial charge in [0.2, 0.25) is 0 Å². The van der Waals surface area contributed by atoms with E-state index >= 15 is 0 Å². The molecule has 0 fully saturated rings. The van der Waals surface area contributed by atoms with Gasteiger partial charge in [0.05, 0.1) is 22.4 Å². The summed E-state index contributed by atoms with van der Waals surface area (Å²) in [5.74, 6) is 0. The van der Waals surface area contributed by atoms with Crippen molar-refractivity contribution in [2.24, 2.45) is 0 Å². The first kappa shape index (κ1) is 31.6. The van der Waals surface area contributed by atoms with E-state index in [1.807, 2.05) is 0 Å². The second-order valence-corrected chi connectivity index (χ2v) is 13.8. The van der Waals surface area contributed by atoms with E-state index in [4.69, 9.17) is 0 Å². The molecule has 0 atom stereocenters. The highest BCUT2D eigenvalue weighted by Gasteiger charge is 2.17. The molecule has 2 heteroatoms. The Labute approximate surface area is 315 Å². The van der Waals surface area contributed by atoms with Crippen LogP contribution in [0.5, 0.6) is 0 Å². The summed E-state index contributed by atoms with van der Waals surface area (Å²) in [5.41, 5.74) is 14.1.